The lowest BCUT2D eigenvalue weighted by Gasteiger charge is -2.01. The molecule has 0 saturated carbocycles. The van der Waals surface area contributed by atoms with Crippen LogP contribution in [-0.2, 0) is 0 Å². The van der Waals surface area contributed by atoms with Crippen molar-refractivity contribution in [1.29, 1.82) is 0 Å². The van der Waals surface area contributed by atoms with Crippen molar-refractivity contribution in [2.75, 3.05) is 6.61 Å². The van der Waals surface area contributed by atoms with Crippen LogP contribution in [0.3, 0.4) is 0 Å². The average molecular weight is 257 g/mol. The van der Waals surface area contributed by atoms with Crippen molar-refractivity contribution in [3.8, 4) is 23.0 Å². The molecule has 0 saturated heterocycles. The maximum atomic E-state index is 8.65. The van der Waals surface area contributed by atoms with E-state index in [1.54, 1.807) is 0 Å². The van der Waals surface area contributed by atoms with Crippen LogP contribution in [0.15, 0.2) is 48.5 Å². The molecule has 0 aliphatic carbocycles. The molecule has 0 atom stereocenters. The van der Waals surface area contributed by atoms with E-state index < -0.39 is 0 Å². The molecule has 2 rings (SSSR count). The molecular weight excluding hydrogens is 244 g/mol. The first kappa shape index (κ1) is 12.7. The molecule has 2 aromatic carbocycles. The van der Waals surface area contributed by atoms with Gasteiger partial charge in [0.15, 0.2) is 0 Å². The van der Waals surface area contributed by atoms with E-state index in [-0.39, 0.29) is 6.61 Å². The summed E-state index contributed by atoms with van der Waals surface area (Å²) in [4.78, 5) is 0. The van der Waals surface area contributed by atoms with Crippen LogP contribution in [0.4, 0.5) is 0 Å². The van der Waals surface area contributed by atoms with E-state index in [0.717, 1.165) is 21.7 Å². The van der Waals surface area contributed by atoms with Crippen LogP contribution < -0.4 is 0 Å². The van der Waals surface area contributed by atoms with Gasteiger partial charge in [0.1, 0.15) is 0 Å². The quantitative estimate of drug-likeness (QED) is 0.812. The van der Waals surface area contributed by atoms with Gasteiger partial charge in [-0.2, -0.15) is 0 Å². The van der Waals surface area contributed by atoms with Gasteiger partial charge in [-0.15, -0.1) is 0 Å². The van der Waals surface area contributed by atoms with Gasteiger partial charge in [0.2, 0.25) is 0 Å². The highest BCUT2D eigenvalue weighted by Crippen LogP contribution is 2.21. The molecule has 2 aromatic rings. The van der Waals surface area contributed by atoms with Crippen molar-refractivity contribution < 1.29 is 5.11 Å². The molecule has 2 heteroatoms. The molecule has 0 spiro atoms. The summed E-state index contributed by atoms with van der Waals surface area (Å²) in [6.45, 7) is 0.107. The van der Waals surface area contributed by atoms with Crippen molar-refractivity contribution >= 4 is 11.6 Å². The van der Waals surface area contributed by atoms with Gasteiger partial charge < -0.3 is 5.11 Å². The van der Waals surface area contributed by atoms with Gasteiger partial charge in [-0.25, -0.2) is 0 Å². The van der Waals surface area contributed by atoms with Crippen LogP contribution in [0.2, 0.25) is 5.02 Å². The number of benzene rings is 2. The second-order valence-corrected chi connectivity index (χ2v) is 4.30. The van der Waals surface area contributed by atoms with Gasteiger partial charge in [0, 0.05) is 17.0 Å². The highest BCUT2D eigenvalue weighted by molar-refractivity contribution is 6.30. The Bertz CT molecular complexity index is 559. The Morgan fingerprint density at radius 1 is 0.889 bits per heavy atom. The minimum Gasteiger partial charge on any atom is -0.395 e. The zero-order chi connectivity index (χ0) is 12.8. The second kappa shape index (κ2) is 6.26. The minimum atomic E-state index is 0.107. The fourth-order valence-corrected chi connectivity index (χ4v) is 1.73. The molecule has 0 aliphatic heterocycles. The Kier molecular flexibility index (Phi) is 4.41. The molecule has 0 bridgehead atoms. The van der Waals surface area contributed by atoms with Crippen molar-refractivity contribution in [2.45, 2.75) is 6.42 Å². The number of aliphatic hydroxyl groups is 1. The summed E-state index contributed by atoms with van der Waals surface area (Å²) in [5, 5.41) is 9.39. The summed E-state index contributed by atoms with van der Waals surface area (Å²) < 4.78 is 0. The highest BCUT2D eigenvalue weighted by Gasteiger charge is 1.97. The Morgan fingerprint density at radius 3 is 2.00 bits per heavy atom. The molecule has 0 aliphatic rings. The van der Waals surface area contributed by atoms with Gasteiger partial charge in [0.25, 0.3) is 0 Å². The standard InChI is InChI=1S/C16H13ClO/c17-16-10-8-15(9-11-16)14-6-4-13(5-7-14)3-1-2-12-18/h4-11,18H,2,12H2. The van der Waals surface area contributed by atoms with Crippen molar-refractivity contribution in [3.63, 3.8) is 0 Å². The zero-order valence-electron chi connectivity index (χ0n) is 9.86. The first-order valence-corrected chi connectivity index (χ1v) is 6.13. The lowest BCUT2D eigenvalue weighted by molar-refractivity contribution is 0.305. The lowest BCUT2D eigenvalue weighted by atomic mass is 10.0. The number of hydrogen-bond acceptors (Lipinski definition) is 1. The molecule has 0 radical (unpaired) electrons. The largest absolute Gasteiger partial charge is 0.395 e. The van der Waals surface area contributed by atoms with Gasteiger partial charge >= 0.3 is 0 Å². The van der Waals surface area contributed by atoms with E-state index in [1.165, 1.54) is 0 Å². The Labute approximate surface area is 112 Å². The topological polar surface area (TPSA) is 20.2 Å². The summed E-state index contributed by atoms with van der Waals surface area (Å²) in [6, 6.07) is 15.8. The SMILES string of the molecule is OCCC#Cc1ccc(-c2ccc(Cl)cc2)cc1. The van der Waals surface area contributed by atoms with Gasteiger partial charge in [-0.1, -0.05) is 47.7 Å². The molecule has 0 aromatic heterocycles. The molecule has 0 amide bonds. The summed E-state index contributed by atoms with van der Waals surface area (Å²) in [6.07, 6.45) is 0.513. The van der Waals surface area contributed by atoms with Crippen LogP contribution >= 0.6 is 11.6 Å². The molecule has 0 heterocycles. The molecular formula is C16H13ClO. The minimum absolute atomic E-state index is 0.107. The maximum Gasteiger partial charge on any atom is 0.0540 e. The third-order valence-electron chi connectivity index (χ3n) is 2.53. The number of hydrogen-bond donors (Lipinski definition) is 1. The Hall–Kier alpha value is -1.75. The van der Waals surface area contributed by atoms with Gasteiger partial charge in [-0.3, -0.25) is 0 Å². The number of rotatable bonds is 2. The van der Waals surface area contributed by atoms with Crippen molar-refractivity contribution in [3.05, 3.63) is 59.1 Å². The van der Waals surface area contributed by atoms with E-state index in [4.69, 9.17) is 16.7 Å². The molecule has 90 valence electrons. The number of halogens is 1. The second-order valence-electron chi connectivity index (χ2n) is 3.86. The van der Waals surface area contributed by atoms with Crippen LogP contribution in [-0.4, -0.2) is 11.7 Å². The smallest absolute Gasteiger partial charge is 0.0540 e. The Morgan fingerprint density at radius 2 is 1.44 bits per heavy atom. The first-order valence-electron chi connectivity index (χ1n) is 5.75. The van der Waals surface area contributed by atoms with Crippen LogP contribution in [0.25, 0.3) is 11.1 Å². The molecule has 18 heavy (non-hydrogen) atoms. The number of aliphatic hydroxyl groups excluding tert-OH is 1. The molecule has 1 N–H and O–H groups in total. The third-order valence-corrected chi connectivity index (χ3v) is 2.78. The van der Waals surface area contributed by atoms with Crippen LogP contribution in [0, 0.1) is 11.8 Å². The molecule has 0 fully saturated rings. The third kappa shape index (κ3) is 3.37. The summed E-state index contributed by atoms with van der Waals surface area (Å²) in [7, 11) is 0. The van der Waals surface area contributed by atoms with E-state index >= 15 is 0 Å². The van der Waals surface area contributed by atoms with E-state index in [1.807, 2.05) is 48.5 Å². The monoisotopic (exact) mass is 256 g/mol. The Balaban J connectivity index is 2.18. The van der Waals surface area contributed by atoms with Crippen LogP contribution in [0.5, 0.6) is 0 Å². The first-order chi connectivity index (χ1) is 8.79. The van der Waals surface area contributed by atoms with E-state index in [0.29, 0.717) is 6.42 Å². The average Bonchev–Trinajstić information content (AvgIpc) is 2.41. The van der Waals surface area contributed by atoms with Crippen molar-refractivity contribution in [1.82, 2.24) is 0 Å². The molecule has 0 unspecified atom stereocenters. The summed E-state index contributed by atoms with van der Waals surface area (Å²) in [5.74, 6) is 5.90. The van der Waals surface area contributed by atoms with Crippen molar-refractivity contribution in [2.24, 2.45) is 0 Å². The predicted octanol–water partition coefficient (Wildman–Crippen LogP) is 3.74. The molecule has 1 nitrogen and oxygen atoms in total. The maximum absolute atomic E-state index is 8.65. The van der Waals surface area contributed by atoms with Crippen LogP contribution in [0.1, 0.15) is 12.0 Å². The predicted molar refractivity (Wildman–Crippen MR) is 75.5 cm³/mol. The fourth-order valence-electron chi connectivity index (χ4n) is 1.61. The lowest BCUT2D eigenvalue weighted by Crippen LogP contribution is -1.80. The summed E-state index contributed by atoms with van der Waals surface area (Å²) >= 11 is 5.86. The highest BCUT2D eigenvalue weighted by atomic mass is 35.5. The fraction of sp³-hybridized carbons (Fsp3) is 0.125. The van der Waals surface area contributed by atoms with Gasteiger partial charge in [0.05, 0.1) is 6.61 Å². The van der Waals surface area contributed by atoms with E-state index in [2.05, 4.69) is 11.8 Å². The van der Waals surface area contributed by atoms with Gasteiger partial charge in [-0.05, 0) is 35.4 Å². The van der Waals surface area contributed by atoms with E-state index in [9.17, 15) is 0 Å². The normalized spacial score (nSPS) is 9.67. The zero-order valence-corrected chi connectivity index (χ0v) is 10.6. The summed E-state index contributed by atoms with van der Waals surface area (Å²) in [5.41, 5.74) is 3.23.